The summed E-state index contributed by atoms with van der Waals surface area (Å²) < 4.78 is 0. The van der Waals surface area contributed by atoms with Gasteiger partial charge < -0.3 is 10.2 Å². The van der Waals surface area contributed by atoms with Gasteiger partial charge in [0.2, 0.25) is 11.8 Å². The molecule has 28 heavy (non-hydrogen) atoms. The predicted molar refractivity (Wildman–Crippen MR) is 111 cm³/mol. The molecule has 0 radical (unpaired) electrons. The Hall–Kier alpha value is -2.66. The molecule has 0 unspecified atom stereocenters. The van der Waals surface area contributed by atoms with E-state index in [1.54, 1.807) is 35.2 Å². The number of anilines is 2. The van der Waals surface area contributed by atoms with E-state index in [2.05, 4.69) is 5.32 Å². The van der Waals surface area contributed by atoms with E-state index >= 15 is 0 Å². The van der Waals surface area contributed by atoms with Crippen LogP contribution in [0, 0.1) is 5.92 Å². The molecule has 146 valence electrons. The second-order valence-electron chi connectivity index (χ2n) is 7.22. The van der Waals surface area contributed by atoms with E-state index in [0.717, 1.165) is 17.7 Å². The summed E-state index contributed by atoms with van der Waals surface area (Å²) in [6.07, 6.45) is 1.01. The second-order valence-corrected chi connectivity index (χ2v) is 7.65. The van der Waals surface area contributed by atoms with Gasteiger partial charge in [-0.05, 0) is 54.4 Å². The van der Waals surface area contributed by atoms with Gasteiger partial charge in [0.05, 0.1) is 0 Å². The number of ketones is 1. The van der Waals surface area contributed by atoms with Crippen molar-refractivity contribution < 1.29 is 14.4 Å². The fraction of sp³-hybridized carbons (Fsp3) is 0.318. The number of amides is 2. The molecule has 0 atom stereocenters. The largest absolute Gasteiger partial charge is 0.326 e. The van der Waals surface area contributed by atoms with E-state index in [9.17, 15) is 14.4 Å². The first-order valence-corrected chi connectivity index (χ1v) is 9.76. The van der Waals surface area contributed by atoms with Gasteiger partial charge in [-0.15, -0.1) is 0 Å². The number of nitrogens with one attached hydrogen (secondary N) is 1. The van der Waals surface area contributed by atoms with Crippen molar-refractivity contribution in [3.05, 3.63) is 58.6 Å². The van der Waals surface area contributed by atoms with Crippen LogP contribution in [0.5, 0.6) is 0 Å². The zero-order chi connectivity index (χ0) is 20.3. The van der Waals surface area contributed by atoms with Crippen LogP contribution in [0.25, 0.3) is 0 Å². The fourth-order valence-corrected chi connectivity index (χ4v) is 3.38. The van der Waals surface area contributed by atoms with Crippen molar-refractivity contribution in [1.29, 1.82) is 0 Å². The van der Waals surface area contributed by atoms with Gasteiger partial charge in [0, 0.05) is 47.3 Å². The summed E-state index contributed by atoms with van der Waals surface area (Å²) >= 11 is 5.82. The summed E-state index contributed by atoms with van der Waals surface area (Å²) in [5, 5.41) is 3.41. The molecule has 0 spiro atoms. The molecule has 3 rings (SSSR count). The smallest absolute Gasteiger partial charge is 0.229 e. The Morgan fingerprint density at radius 1 is 1.07 bits per heavy atom. The minimum atomic E-state index is -0.213. The molecule has 0 bridgehead atoms. The molecule has 0 aromatic heterocycles. The highest BCUT2D eigenvalue weighted by Gasteiger charge is 2.26. The van der Waals surface area contributed by atoms with Crippen molar-refractivity contribution in [3.63, 3.8) is 0 Å². The quantitative estimate of drug-likeness (QED) is 0.729. The lowest BCUT2D eigenvalue weighted by Gasteiger charge is -2.19. The maximum atomic E-state index is 12.3. The molecule has 0 saturated carbocycles. The molecule has 1 N–H and O–H groups in total. The topological polar surface area (TPSA) is 66.5 Å². The average molecular weight is 399 g/mol. The van der Waals surface area contributed by atoms with Gasteiger partial charge in [0.15, 0.2) is 5.78 Å². The molecule has 5 nitrogen and oxygen atoms in total. The maximum absolute atomic E-state index is 12.3. The third kappa shape index (κ3) is 4.60. The average Bonchev–Trinajstić information content (AvgIpc) is 3.09. The van der Waals surface area contributed by atoms with Gasteiger partial charge in [-0.3, -0.25) is 14.4 Å². The molecule has 0 aliphatic carbocycles. The van der Waals surface area contributed by atoms with Crippen LogP contribution >= 0.6 is 11.6 Å². The highest BCUT2D eigenvalue weighted by atomic mass is 35.5. The van der Waals surface area contributed by atoms with Gasteiger partial charge in [-0.25, -0.2) is 0 Å². The van der Waals surface area contributed by atoms with Gasteiger partial charge >= 0.3 is 0 Å². The summed E-state index contributed by atoms with van der Waals surface area (Å²) in [5.74, 6) is -0.251. The zero-order valence-electron chi connectivity index (χ0n) is 16.0. The van der Waals surface area contributed by atoms with Crippen molar-refractivity contribution in [1.82, 2.24) is 0 Å². The van der Waals surface area contributed by atoms with E-state index in [1.807, 2.05) is 26.0 Å². The van der Waals surface area contributed by atoms with Crippen molar-refractivity contribution >= 4 is 40.6 Å². The number of rotatable bonds is 6. The Bertz CT molecular complexity index is 906. The van der Waals surface area contributed by atoms with E-state index in [4.69, 9.17) is 11.6 Å². The molecule has 6 heteroatoms. The second kappa shape index (κ2) is 8.57. The summed E-state index contributed by atoms with van der Waals surface area (Å²) in [5.41, 5.74) is 3.19. The Labute approximate surface area is 169 Å². The highest BCUT2D eigenvalue weighted by molar-refractivity contribution is 6.30. The number of nitrogens with zero attached hydrogens (tertiary/aromatic N) is 1. The van der Waals surface area contributed by atoms with Crippen LogP contribution < -0.4 is 10.2 Å². The molecule has 2 aromatic rings. The first-order valence-electron chi connectivity index (χ1n) is 9.38. The summed E-state index contributed by atoms with van der Waals surface area (Å²) in [6.45, 7) is 4.44. The van der Waals surface area contributed by atoms with Crippen molar-refractivity contribution in [2.75, 3.05) is 16.8 Å². The van der Waals surface area contributed by atoms with Crippen molar-refractivity contribution in [2.45, 2.75) is 33.1 Å². The normalized spacial score (nSPS) is 12.8. The Kier molecular flexibility index (Phi) is 6.15. The molecular formula is C22H23ClN2O3. The number of hydrogen-bond donors (Lipinski definition) is 1. The number of halogens is 1. The zero-order valence-corrected chi connectivity index (χ0v) is 16.8. The highest BCUT2D eigenvalue weighted by Crippen LogP contribution is 2.31. The third-order valence-electron chi connectivity index (χ3n) is 4.76. The fourth-order valence-electron chi connectivity index (χ4n) is 3.25. The number of Topliss-reactive ketones (excluding diaryl/α,β-unsaturated/α-hetero) is 1. The monoisotopic (exact) mass is 398 g/mol. The number of carbonyl (C=O) groups excluding carboxylic acids is 3. The van der Waals surface area contributed by atoms with Gasteiger partial charge in [-0.1, -0.05) is 25.4 Å². The Balaban J connectivity index is 1.57. The molecule has 1 aliphatic rings. The van der Waals surface area contributed by atoms with Crippen LogP contribution in [0.4, 0.5) is 11.4 Å². The maximum Gasteiger partial charge on any atom is 0.229 e. The Morgan fingerprint density at radius 2 is 1.79 bits per heavy atom. The standard InChI is InChI=1S/C22H23ClN2O3/c1-14(2)22(28)25-12-11-16-13-18(7-8-19(16)25)24-21(27)10-9-20(26)15-3-5-17(23)6-4-15/h3-8,13-14H,9-12H2,1-2H3,(H,24,27). The lowest BCUT2D eigenvalue weighted by Crippen LogP contribution is -2.32. The number of hydrogen-bond acceptors (Lipinski definition) is 3. The summed E-state index contributed by atoms with van der Waals surface area (Å²) in [4.78, 5) is 38.5. The van der Waals surface area contributed by atoms with Crippen LogP contribution in [0.2, 0.25) is 5.02 Å². The summed E-state index contributed by atoms with van der Waals surface area (Å²) in [6, 6.07) is 12.2. The van der Waals surface area contributed by atoms with Gasteiger partial charge in [-0.2, -0.15) is 0 Å². The van der Waals surface area contributed by atoms with Gasteiger partial charge in [0.25, 0.3) is 0 Å². The SMILES string of the molecule is CC(C)C(=O)N1CCc2cc(NC(=O)CCC(=O)c3ccc(Cl)cc3)ccc21. The first-order chi connectivity index (χ1) is 13.3. The molecular weight excluding hydrogens is 376 g/mol. The molecule has 2 aromatic carbocycles. The van der Waals surface area contributed by atoms with Crippen LogP contribution in [0.3, 0.4) is 0 Å². The van der Waals surface area contributed by atoms with Crippen LogP contribution in [0.15, 0.2) is 42.5 Å². The number of carbonyl (C=O) groups is 3. The van der Waals surface area contributed by atoms with Crippen LogP contribution in [-0.4, -0.2) is 24.1 Å². The van der Waals surface area contributed by atoms with E-state index in [-0.39, 0.29) is 36.4 Å². The molecule has 1 heterocycles. The Morgan fingerprint density at radius 3 is 2.46 bits per heavy atom. The van der Waals surface area contributed by atoms with E-state index in [0.29, 0.717) is 22.8 Å². The number of benzene rings is 2. The van der Waals surface area contributed by atoms with Gasteiger partial charge in [0.1, 0.15) is 0 Å². The molecule has 0 saturated heterocycles. The van der Waals surface area contributed by atoms with Crippen LogP contribution in [-0.2, 0) is 16.0 Å². The third-order valence-corrected chi connectivity index (χ3v) is 5.02. The van der Waals surface area contributed by atoms with Crippen molar-refractivity contribution in [3.8, 4) is 0 Å². The first kappa shape index (κ1) is 20.1. The van der Waals surface area contributed by atoms with E-state index in [1.165, 1.54) is 0 Å². The summed E-state index contributed by atoms with van der Waals surface area (Å²) in [7, 11) is 0. The van der Waals surface area contributed by atoms with E-state index < -0.39 is 0 Å². The predicted octanol–water partition coefficient (Wildman–Crippen LogP) is 4.49. The molecule has 2 amide bonds. The molecule has 0 fully saturated rings. The minimum absolute atomic E-state index is 0.0523. The lowest BCUT2D eigenvalue weighted by atomic mass is 10.1. The lowest BCUT2D eigenvalue weighted by molar-refractivity contribution is -0.121. The van der Waals surface area contributed by atoms with Crippen molar-refractivity contribution in [2.24, 2.45) is 5.92 Å². The van der Waals surface area contributed by atoms with Crippen LogP contribution in [0.1, 0.15) is 42.6 Å². The molecule has 1 aliphatic heterocycles. The minimum Gasteiger partial charge on any atom is -0.326 e. The number of fused-ring (bicyclic) bond motifs is 1.